The molecule has 82 valence electrons. The molecule has 0 atom stereocenters. The molecule has 2 rings (SSSR count). The number of halogens is 1. The number of hydrogen-bond acceptors (Lipinski definition) is 0. The molecule has 0 nitrogen and oxygen atoms in total. The Bertz CT molecular complexity index is 488. The van der Waals surface area contributed by atoms with Crippen molar-refractivity contribution in [3.8, 4) is 0 Å². The van der Waals surface area contributed by atoms with Crippen LogP contribution in [0.3, 0.4) is 0 Å². The summed E-state index contributed by atoms with van der Waals surface area (Å²) in [5.74, 6) is 0. The fraction of sp³-hybridized carbons (Fsp3) is 0.267. The SMILES string of the molecule is C=C=C(I)CC1=C(C)CCc2ccccc21. The van der Waals surface area contributed by atoms with Crippen molar-refractivity contribution in [1.29, 1.82) is 0 Å². The second-order valence-electron chi connectivity index (χ2n) is 4.17. The standard InChI is InChI=1S/C15H15I/c1-3-13(16)10-15-11(2)8-9-12-6-4-5-7-14(12)15/h4-7H,1,8-10H2,2H3. The van der Waals surface area contributed by atoms with E-state index in [2.05, 4.69) is 66.1 Å². The highest BCUT2D eigenvalue weighted by Crippen LogP contribution is 2.35. The second kappa shape index (κ2) is 5.03. The van der Waals surface area contributed by atoms with Crippen LogP contribution in [0.1, 0.15) is 30.9 Å². The van der Waals surface area contributed by atoms with Gasteiger partial charge in [-0.25, -0.2) is 0 Å². The summed E-state index contributed by atoms with van der Waals surface area (Å²) < 4.78 is 1.20. The summed E-state index contributed by atoms with van der Waals surface area (Å²) in [6.45, 7) is 5.96. The summed E-state index contributed by atoms with van der Waals surface area (Å²) in [6.07, 6.45) is 3.35. The van der Waals surface area contributed by atoms with Gasteiger partial charge in [0.05, 0.1) is 0 Å². The molecule has 0 fully saturated rings. The molecule has 0 radical (unpaired) electrons. The minimum atomic E-state index is 0.979. The number of aryl methyl sites for hydroxylation is 1. The molecule has 0 unspecified atom stereocenters. The number of benzene rings is 1. The van der Waals surface area contributed by atoms with Crippen LogP contribution in [-0.2, 0) is 6.42 Å². The van der Waals surface area contributed by atoms with E-state index in [0.717, 1.165) is 6.42 Å². The maximum Gasteiger partial charge on any atom is 0.0361 e. The number of allylic oxidation sites excluding steroid dienone is 3. The Hall–Kier alpha value is -0.790. The van der Waals surface area contributed by atoms with E-state index in [-0.39, 0.29) is 0 Å². The highest BCUT2D eigenvalue weighted by Gasteiger charge is 2.16. The Labute approximate surface area is 111 Å². The van der Waals surface area contributed by atoms with Crippen LogP contribution in [0.2, 0.25) is 0 Å². The minimum Gasteiger partial charge on any atom is -0.118 e. The molecule has 0 spiro atoms. The maximum atomic E-state index is 3.71. The first-order chi connectivity index (χ1) is 7.72. The fourth-order valence-corrected chi connectivity index (χ4v) is 2.58. The summed E-state index contributed by atoms with van der Waals surface area (Å²) in [7, 11) is 0. The van der Waals surface area contributed by atoms with Crippen molar-refractivity contribution in [1.82, 2.24) is 0 Å². The van der Waals surface area contributed by atoms with Gasteiger partial charge in [0, 0.05) is 10.0 Å². The van der Waals surface area contributed by atoms with Crippen LogP contribution in [0.5, 0.6) is 0 Å². The van der Waals surface area contributed by atoms with Gasteiger partial charge in [-0.1, -0.05) is 36.4 Å². The molecule has 0 saturated heterocycles. The Morgan fingerprint density at radius 2 is 2.12 bits per heavy atom. The lowest BCUT2D eigenvalue weighted by molar-refractivity contribution is 0.909. The molecular formula is C15H15I. The van der Waals surface area contributed by atoms with Crippen LogP contribution < -0.4 is 0 Å². The fourth-order valence-electron chi connectivity index (χ4n) is 2.20. The Balaban J connectivity index is 2.45. The molecule has 1 aliphatic carbocycles. The van der Waals surface area contributed by atoms with E-state index in [9.17, 15) is 0 Å². The molecule has 0 N–H and O–H groups in total. The van der Waals surface area contributed by atoms with Crippen LogP contribution in [0.4, 0.5) is 0 Å². The van der Waals surface area contributed by atoms with E-state index < -0.39 is 0 Å². The average molecular weight is 322 g/mol. The molecule has 0 saturated carbocycles. The lowest BCUT2D eigenvalue weighted by Gasteiger charge is -2.21. The Morgan fingerprint density at radius 3 is 2.88 bits per heavy atom. The van der Waals surface area contributed by atoms with E-state index in [0.29, 0.717) is 0 Å². The van der Waals surface area contributed by atoms with Crippen LogP contribution in [0.25, 0.3) is 5.57 Å². The first-order valence-electron chi connectivity index (χ1n) is 5.53. The van der Waals surface area contributed by atoms with Gasteiger partial charge in [-0.2, -0.15) is 0 Å². The average Bonchev–Trinajstić information content (AvgIpc) is 2.32. The van der Waals surface area contributed by atoms with Crippen molar-refractivity contribution in [3.05, 3.63) is 56.9 Å². The lowest BCUT2D eigenvalue weighted by Crippen LogP contribution is -2.03. The van der Waals surface area contributed by atoms with Crippen molar-refractivity contribution in [2.75, 3.05) is 0 Å². The zero-order valence-corrected chi connectivity index (χ0v) is 11.7. The highest BCUT2D eigenvalue weighted by atomic mass is 127. The summed E-state index contributed by atoms with van der Waals surface area (Å²) in [5.41, 5.74) is 8.88. The minimum absolute atomic E-state index is 0.979. The van der Waals surface area contributed by atoms with E-state index in [1.165, 1.54) is 38.7 Å². The predicted molar refractivity (Wildman–Crippen MR) is 78.6 cm³/mol. The summed E-state index contributed by atoms with van der Waals surface area (Å²) in [6, 6.07) is 8.74. The Kier molecular flexibility index (Phi) is 3.67. The molecule has 1 aliphatic rings. The number of rotatable bonds is 2. The third-order valence-corrected chi connectivity index (χ3v) is 3.91. The van der Waals surface area contributed by atoms with Gasteiger partial charge in [-0.05, 0) is 59.1 Å². The molecule has 0 amide bonds. The number of fused-ring (bicyclic) bond motifs is 1. The molecule has 1 aromatic carbocycles. The van der Waals surface area contributed by atoms with E-state index in [4.69, 9.17) is 0 Å². The molecule has 16 heavy (non-hydrogen) atoms. The van der Waals surface area contributed by atoms with E-state index in [1.54, 1.807) is 0 Å². The first-order valence-corrected chi connectivity index (χ1v) is 6.61. The topological polar surface area (TPSA) is 0 Å². The molecule has 1 aromatic rings. The van der Waals surface area contributed by atoms with Crippen molar-refractivity contribution in [2.24, 2.45) is 0 Å². The third-order valence-electron chi connectivity index (χ3n) is 3.15. The molecule has 0 aliphatic heterocycles. The zero-order chi connectivity index (χ0) is 11.5. The van der Waals surface area contributed by atoms with Crippen molar-refractivity contribution < 1.29 is 0 Å². The smallest absolute Gasteiger partial charge is 0.0361 e. The van der Waals surface area contributed by atoms with Crippen molar-refractivity contribution in [2.45, 2.75) is 26.2 Å². The second-order valence-corrected chi connectivity index (χ2v) is 5.48. The van der Waals surface area contributed by atoms with E-state index in [1.807, 2.05) is 0 Å². The quantitative estimate of drug-likeness (QED) is 0.537. The zero-order valence-electron chi connectivity index (χ0n) is 9.52. The van der Waals surface area contributed by atoms with Gasteiger partial charge in [-0.3, -0.25) is 0 Å². The lowest BCUT2D eigenvalue weighted by atomic mass is 9.85. The van der Waals surface area contributed by atoms with Crippen LogP contribution in [0.15, 0.2) is 45.7 Å². The largest absolute Gasteiger partial charge is 0.118 e. The van der Waals surface area contributed by atoms with E-state index >= 15 is 0 Å². The molecule has 0 bridgehead atoms. The summed E-state index contributed by atoms with van der Waals surface area (Å²) >= 11 is 2.33. The van der Waals surface area contributed by atoms with Gasteiger partial charge in [0.1, 0.15) is 0 Å². The summed E-state index contributed by atoms with van der Waals surface area (Å²) in [4.78, 5) is 0. The third kappa shape index (κ3) is 2.31. The highest BCUT2D eigenvalue weighted by molar-refractivity contribution is 14.1. The van der Waals surface area contributed by atoms with Crippen LogP contribution in [-0.4, -0.2) is 0 Å². The van der Waals surface area contributed by atoms with Gasteiger partial charge in [0.2, 0.25) is 0 Å². The van der Waals surface area contributed by atoms with Crippen LogP contribution >= 0.6 is 22.6 Å². The molecular weight excluding hydrogens is 307 g/mol. The first kappa shape index (κ1) is 11.7. The van der Waals surface area contributed by atoms with Crippen LogP contribution in [0, 0.1) is 0 Å². The van der Waals surface area contributed by atoms with Crippen molar-refractivity contribution in [3.63, 3.8) is 0 Å². The van der Waals surface area contributed by atoms with Gasteiger partial charge in [0.15, 0.2) is 0 Å². The van der Waals surface area contributed by atoms with Gasteiger partial charge >= 0.3 is 0 Å². The van der Waals surface area contributed by atoms with Crippen molar-refractivity contribution >= 4 is 28.2 Å². The maximum absolute atomic E-state index is 3.71. The van der Waals surface area contributed by atoms with Gasteiger partial charge in [0.25, 0.3) is 0 Å². The van der Waals surface area contributed by atoms with Gasteiger partial charge < -0.3 is 0 Å². The predicted octanol–water partition coefficient (Wildman–Crippen LogP) is 4.90. The molecule has 0 heterocycles. The molecule has 0 aromatic heterocycles. The Morgan fingerprint density at radius 1 is 1.38 bits per heavy atom. The monoisotopic (exact) mass is 322 g/mol. The normalized spacial score (nSPS) is 14.4. The molecule has 1 heteroatoms. The van der Waals surface area contributed by atoms with Gasteiger partial charge in [-0.15, -0.1) is 5.73 Å². The number of hydrogen-bond donors (Lipinski definition) is 0. The summed E-state index contributed by atoms with van der Waals surface area (Å²) in [5, 5.41) is 0.